The average molecular weight is 617 g/mol. The molecule has 3 heteroatoms. The van der Waals surface area contributed by atoms with Crippen molar-refractivity contribution in [2.75, 3.05) is 0 Å². The Morgan fingerprint density at radius 3 is 1.71 bits per heavy atom. The van der Waals surface area contributed by atoms with Gasteiger partial charge in [-0.25, -0.2) is 0 Å². The minimum atomic E-state index is -0.954. The van der Waals surface area contributed by atoms with Crippen LogP contribution >= 0.6 is 11.3 Å². The van der Waals surface area contributed by atoms with Gasteiger partial charge in [-0.15, -0.1) is 11.3 Å². The van der Waals surface area contributed by atoms with E-state index < -0.39 is 202 Å². The summed E-state index contributed by atoms with van der Waals surface area (Å²) in [6.07, 6.45) is 0. The van der Waals surface area contributed by atoms with Crippen LogP contribution in [0.3, 0.4) is 0 Å². The van der Waals surface area contributed by atoms with E-state index in [2.05, 4.69) is 0 Å². The van der Waals surface area contributed by atoms with Crippen molar-refractivity contribution in [3.8, 4) is 22.5 Å². The maximum absolute atomic E-state index is 9.55. The molecule has 0 N–H and O–H groups in total. The molecule has 0 aliphatic carbocycles. The molecule has 0 bridgehead atoms. The second kappa shape index (κ2) is 9.43. The monoisotopic (exact) mass is 616 g/mol. The predicted molar refractivity (Wildman–Crippen MR) is 193 cm³/mol. The molecule has 2 nitrogen and oxygen atoms in total. The number of hydrogen-bond donors (Lipinski definition) is 0. The standard InChI is InChI=1S/C42H26N2S/c1-3-11-27(12-4-1)28-19-21-30(22-20-28)44-36-17-9-7-15-31(36)32-23-24-34-33-25-26-38-39(41(33)45-42(34)40(32)44)35-16-8-10-18-37(35)43(38)29-13-5-2-6-14-29/h1-26H/i1D,2D,3D,4D,5D,6D,7D,8D,9D,10D,11D,12D,13D,14D,15D,16D,17D,18D,19D,20D,21D,22D,23D,24D,25D,26D. The van der Waals surface area contributed by atoms with Crippen LogP contribution in [-0.4, -0.2) is 9.13 Å². The predicted octanol–water partition coefficient (Wildman–Crippen LogP) is 11.9. The van der Waals surface area contributed by atoms with Crippen LogP contribution in [0.1, 0.15) is 35.6 Å². The van der Waals surface area contributed by atoms with Crippen molar-refractivity contribution < 1.29 is 35.6 Å². The molecule has 210 valence electrons. The maximum Gasteiger partial charge on any atom is 0.0719 e. The molecule has 7 aromatic carbocycles. The van der Waals surface area contributed by atoms with Gasteiger partial charge in [-0.05, 0) is 53.4 Å². The Morgan fingerprint density at radius 2 is 0.933 bits per heavy atom. The van der Waals surface area contributed by atoms with Gasteiger partial charge in [-0.3, -0.25) is 0 Å². The third kappa shape index (κ3) is 3.50. The first-order valence-corrected chi connectivity index (χ1v) is 14.1. The van der Waals surface area contributed by atoms with Crippen molar-refractivity contribution in [1.82, 2.24) is 9.13 Å². The molecule has 45 heavy (non-hydrogen) atoms. The van der Waals surface area contributed by atoms with E-state index in [1.807, 2.05) is 0 Å². The molecular weight excluding hydrogens is 565 g/mol. The van der Waals surface area contributed by atoms with Crippen molar-refractivity contribution in [2.45, 2.75) is 0 Å². The number of para-hydroxylation sites is 3. The van der Waals surface area contributed by atoms with E-state index in [0.29, 0.717) is 11.3 Å². The smallest absolute Gasteiger partial charge is 0.0719 e. The summed E-state index contributed by atoms with van der Waals surface area (Å²) < 4.78 is 233. The van der Waals surface area contributed by atoms with Gasteiger partial charge in [0.2, 0.25) is 0 Å². The fourth-order valence-corrected chi connectivity index (χ4v) is 6.95. The summed E-state index contributed by atoms with van der Waals surface area (Å²) in [5.41, 5.74) is -4.48. The number of benzene rings is 7. The van der Waals surface area contributed by atoms with Gasteiger partial charge in [-0.1, -0.05) is 115 Å². The fraction of sp³-hybridized carbons (Fsp3) is 0. The lowest BCUT2D eigenvalue weighted by Gasteiger charge is -2.10. The molecule has 0 aliphatic heterocycles. The molecule has 0 radical (unpaired) electrons. The van der Waals surface area contributed by atoms with E-state index in [1.165, 1.54) is 0 Å². The van der Waals surface area contributed by atoms with Gasteiger partial charge in [0, 0.05) is 48.4 Å². The zero-order valence-corrected chi connectivity index (χ0v) is 23.1. The zero-order valence-electron chi connectivity index (χ0n) is 48.3. The van der Waals surface area contributed by atoms with Crippen LogP contribution in [-0.2, 0) is 0 Å². The number of aromatic nitrogens is 2. The van der Waals surface area contributed by atoms with Gasteiger partial charge < -0.3 is 9.13 Å². The van der Waals surface area contributed by atoms with Crippen molar-refractivity contribution >= 4 is 75.1 Å². The second-order valence-electron chi connectivity index (χ2n) is 9.77. The quantitative estimate of drug-likeness (QED) is 0.187. The van der Waals surface area contributed by atoms with Gasteiger partial charge >= 0.3 is 0 Å². The number of fused-ring (bicyclic) bond motifs is 11. The molecule has 3 aromatic heterocycles. The molecule has 0 atom stereocenters. The lowest BCUT2D eigenvalue weighted by molar-refractivity contribution is 1.18. The van der Waals surface area contributed by atoms with Crippen LogP contribution in [0.4, 0.5) is 0 Å². The summed E-state index contributed by atoms with van der Waals surface area (Å²) in [4.78, 5) is 0. The van der Waals surface area contributed by atoms with Crippen LogP contribution < -0.4 is 0 Å². The summed E-state index contributed by atoms with van der Waals surface area (Å²) in [5, 5.41) is -1.94. The Labute approximate surface area is 300 Å². The van der Waals surface area contributed by atoms with E-state index in [-0.39, 0.29) is 41.8 Å². The molecule has 10 rings (SSSR count). The topological polar surface area (TPSA) is 9.86 Å². The van der Waals surface area contributed by atoms with E-state index >= 15 is 0 Å². The first-order valence-electron chi connectivity index (χ1n) is 26.2. The van der Waals surface area contributed by atoms with E-state index in [4.69, 9.17) is 21.9 Å². The summed E-state index contributed by atoms with van der Waals surface area (Å²) in [7, 11) is 0. The number of hydrogen-bond acceptors (Lipinski definition) is 1. The van der Waals surface area contributed by atoms with Crippen molar-refractivity contribution in [1.29, 1.82) is 0 Å². The average Bonchev–Trinajstić information content (AvgIpc) is 4.02. The number of rotatable bonds is 3. The highest BCUT2D eigenvalue weighted by Gasteiger charge is 2.21. The minimum Gasteiger partial charge on any atom is -0.309 e. The van der Waals surface area contributed by atoms with Crippen molar-refractivity contribution in [3.63, 3.8) is 0 Å². The third-order valence-corrected chi connectivity index (χ3v) is 8.68. The van der Waals surface area contributed by atoms with Gasteiger partial charge in [0.25, 0.3) is 0 Å². The molecule has 0 aliphatic rings. The van der Waals surface area contributed by atoms with Gasteiger partial charge in [0.1, 0.15) is 0 Å². The van der Waals surface area contributed by atoms with Gasteiger partial charge in [-0.2, -0.15) is 0 Å². The lowest BCUT2D eigenvalue weighted by Crippen LogP contribution is -1.93. The second-order valence-corrected chi connectivity index (χ2v) is 10.8. The van der Waals surface area contributed by atoms with E-state index in [0.717, 1.165) is 9.13 Å². The van der Waals surface area contributed by atoms with Crippen molar-refractivity contribution in [3.05, 3.63) is 157 Å². The molecular formula is C42H26N2S. The summed E-state index contributed by atoms with van der Waals surface area (Å²) in [6.45, 7) is 0. The Kier molecular flexibility index (Phi) is 2.19. The SMILES string of the molecule is [2H]c1c([2H])c([2H])c(-c2c([2H])c([2H])c(-n3c4c([2H])c([2H])c([2H])c([2H])c4c4c([2H])c([2H])c5c(sc6c5c([2H])c([2H])c5c6c6c([2H])c([2H])c([2H])c([2H])c6n5-c5c([2H])c([2H])c([2H])c([2H])c5[2H])c43)c([2H])c2[2H])c([2H])c1[2H]. The van der Waals surface area contributed by atoms with E-state index in [9.17, 15) is 13.7 Å². The van der Waals surface area contributed by atoms with Crippen LogP contribution in [0.15, 0.2) is 157 Å². The molecule has 0 amide bonds. The Bertz CT molecular complexity index is 4160. The highest BCUT2D eigenvalue weighted by atomic mass is 32.1. The summed E-state index contributed by atoms with van der Waals surface area (Å²) in [5.74, 6) is 0. The fourth-order valence-electron chi connectivity index (χ4n) is 5.65. The maximum atomic E-state index is 9.55. The molecule has 0 saturated carbocycles. The Balaban J connectivity index is 1.50. The molecule has 10 aromatic rings. The first kappa shape index (κ1) is 10.5. The third-order valence-electron chi connectivity index (χ3n) is 7.47. The highest BCUT2D eigenvalue weighted by Crippen LogP contribution is 2.47. The molecule has 0 unspecified atom stereocenters. The van der Waals surface area contributed by atoms with Gasteiger partial charge in [0.15, 0.2) is 0 Å². The highest BCUT2D eigenvalue weighted by molar-refractivity contribution is 7.27. The van der Waals surface area contributed by atoms with Crippen molar-refractivity contribution in [2.24, 2.45) is 0 Å². The zero-order chi connectivity index (χ0) is 52.1. The molecule has 0 fully saturated rings. The van der Waals surface area contributed by atoms with Crippen LogP contribution in [0.5, 0.6) is 0 Å². The first-order chi connectivity index (χ1) is 33.2. The summed E-state index contributed by atoms with van der Waals surface area (Å²) in [6, 6.07) is -21.3. The van der Waals surface area contributed by atoms with Crippen LogP contribution in [0.25, 0.3) is 86.3 Å². The van der Waals surface area contributed by atoms with E-state index in [1.54, 1.807) is 0 Å². The largest absolute Gasteiger partial charge is 0.309 e. The molecule has 0 spiro atoms. The summed E-state index contributed by atoms with van der Waals surface area (Å²) >= 11 is 0.672. The number of thiophene rings is 1. The normalized spacial score (nSPS) is 20.1. The van der Waals surface area contributed by atoms with Crippen LogP contribution in [0.2, 0.25) is 0 Å². The number of nitrogens with zero attached hydrogens (tertiary/aromatic N) is 2. The molecule has 0 saturated heterocycles. The Hall–Kier alpha value is -5.64. The lowest BCUT2D eigenvalue weighted by atomic mass is 10.1. The minimum absolute atomic E-state index is 0.120. The van der Waals surface area contributed by atoms with Gasteiger partial charge in [0.05, 0.1) is 62.4 Å². The Morgan fingerprint density at radius 1 is 0.378 bits per heavy atom. The van der Waals surface area contributed by atoms with Crippen LogP contribution in [0, 0.1) is 0 Å². The molecule has 3 heterocycles.